The minimum absolute atomic E-state index is 0.0619. The Hall–Kier alpha value is -1.25. The number of nitrogens with two attached hydrogens (primary N) is 1. The summed E-state index contributed by atoms with van der Waals surface area (Å²) in [5, 5.41) is 0. The number of halogens is 1. The van der Waals surface area contributed by atoms with E-state index in [0.717, 1.165) is 0 Å². The second kappa shape index (κ2) is 6.47. The van der Waals surface area contributed by atoms with E-state index in [1.807, 2.05) is 0 Å². The average molecular weight is 318 g/mol. The number of carbonyl (C=O) groups is 2. The second-order valence-electron chi connectivity index (χ2n) is 5.84. The lowest BCUT2D eigenvalue weighted by Crippen LogP contribution is -2.55. The van der Waals surface area contributed by atoms with Crippen molar-refractivity contribution in [3.63, 3.8) is 0 Å². The zero-order valence-electron chi connectivity index (χ0n) is 13.1. The molecule has 0 saturated carbocycles. The summed E-state index contributed by atoms with van der Waals surface area (Å²) in [4.78, 5) is 24.9. The Kier molecular flexibility index (Phi) is 5.03. The summed E-state index contributed by atoms with van der Waals surface area (Å²) in [6.45, 7) is 1.67. The predicted molar refractivity (Wildman–Crippen MR) is 74.5 cm³/mol. The summed E-state index contributed by atoms with van der Waals surface area (Å²) in [5.74, 6) is -2.27. The van der Waals surface area contributed by atoms with Crippen molar-refractivity contribution in [2.24, 2.45) is 11.7 Å². The highest BCUT2D eigenvalue weighted by molar-refractivity contribution is 5.80. The van der Waals surface area contributed by atoms with Gasteiger partial charge in [-0.15, -0.1) is 0 Å². The Bertz CT molecular complexity index is 443. The van der Waals surface area contributed by atoms with Crippen LogP contribution in [0.2, 0.25) is 0 Å². The van der Waals surface area contributed by atoms with E-state index < -0.39 is 35.9 Å². The molecule has 4 atom stereocenters. The van der Waals surface area contributed by atoms with Gasteiger partial charge in [-0.3, -0.25) is 9.59 Å². The van der Waals surface area contributed by atoms with E-state index >= 15 is 0 Å². The fraction of sp³-hybridized carbons (Fsp3) is 0.857. The van der Waals surface area contributed by atoms with Gasteiger partial charge in [-0.1, -0.05) is 6.92 Å². The highest BCUT2D eigenvalue weighted by Gasteiger charge is 2.61. The number of ether oxygens (including phenoxy) is 3. The smallest absolute Gasteiger partial charge is 0.223 e. The van der Waals surface area contributed by atoms with Crippen molar-refractivity contribution in [1.82, 2.24) is 4.90 Å². The third-order valence-electron chi connectivity index (χ3n) is 4.59. The Morgan fingerprint density at radius 1 is 1.45 bits per heavy atom. The zero-order valence-corrected chi connectivity index (χ0v) is 13.1. The van der Waals surface area contributed by atoms with Crippen LogP contribution in [0.25, 0.3) is 0 Å². The van der Waals surface area contributed by atoms with Crippen LogP contribution in [0.3, 0.4) is 0 Å². The second-order valence-corrected chi connectivity index (χ2v) is 5.84. The molecule has 7 nitrogen and oxygen atoms in total. The van der Waals surface area contributed by atoms with Crippen LogP contribution in [0.4, 0.5) is 4.39 Å². The van der Waals surface area contributed by atoms with Crippen molar-refractivity contribution in [2.45, 2.75) is 43.9 Å². The van der Waals surface area contributed by atoms with Gasteiger partial charge in [-0.05, 0) is 6.42 Å². The first kappa shape index (κ1) is 17.1. The lowest BCUT2D eigenvalue weighted by Gasteiger charge is -2.35. The average Bonchev–Trinajstić information content (AvgIpc) is 3.03. The molecular weight excluding hydrogens is 295 g/mol. The zero-order chi connectivity index (χ0) is 16.5. The molecule has 126 valence electrons. The first-order valence-corrected chi connectivity index (χ1v) is 7.31. The SMILES string of the molecule is COC1(OC)COC2C(F)CN(C(=O)CCC(C)C(N)=O)C21. The van der Waals surface area contributed by atoms with Crippen LogP contribution in [0.5, 0.6) is 0 Å². The maximum atomic E-state index is 14.1. The lowest BCUT2D eigenvalue weighted by atomic mass is 10.0. The maximum Gasteiger partial charge on any atom is 0.223 e. The molecule has 2 aliphatic rings. The van der Waals surface area contributed by atoms with E-state index in [9.17, 15) is 14.0 Å². The molecule has 22 heavy (non-hydrogen) atoms. The van der Waals surface area contributed by atoms with Crippen LogP contribution < -0.4 is 5.73 Å². The van der Waals surface area contributed by atoms with Gasteiger partial charge >= 0.3 is 0 Å². The first-order valence-electron chi connectivity index (χ1n) is 7.31. The van der Waals surface area contributed by atoms with Gasteiger partial charge < -0.3 is 24.8 Å². The molecule has 2 amide bonds. The largest absolute Gasteiger partial charge is 0.369 e. The van der Waals surface area contributed by atoms with Crippen molar-refractivity contribution in [3.8, 4) is 0 Å². The van der Waals surface area contributed by atoms with Crippen molar-refractivity contribution in [3.05, 3.63) is 0 Å². The van der Waals surface area contributed by atoms with Crippen LogP contribution in [0.15, 0.2) is 0 Å². The Labute approximate surface area is 128 Å². The Balaban J connectivity index is 2.09. The number of fused-ring (bicyclic) bond motifs is 1. The Morgan fingerprint density at radius 3 is 2.64 bits per heavy atom. The van der Waals surface area contributed by atoms with E-state index in [-0.39, 0.29) is 25.5 Å². The Morgan fingerprint density at radius 2 is 2.09 bits per heavy atom. The molecule has 2 N–H and O–H groups in total. The molecule has 0 bridgehead atoms. The molecule has 0 aromatic heterocycles. The highest BCUT2D eigenvalue weighted by atomic mass is 19.1. The van der Waals surface area contributed by atoms with Crippen LogP contribution in [0.1, 0.15) is 19.8 Å². The molecule has 0 aromatic carbocycles. The molecule has 2 saturated heterocycles. The molecule has 4 unspecified atom stereocenters. The molecule has 2 rings (SSSR count). The third-order valence-corrected chi connectivity index (χ3v) is 4.59. The number of hydrogen-bond donors (Lipinski definition) is 1. The maximum absolute atomic E-state index is 14.1. The summed E-state index contributed by atoms with van der Waals surface area (Å²) >= 11 is 0. The molecule has 8 heteroatoms. The van der Waals surface area contributed by atoms with E-state index in [1.165, 1.54) is 19.1 Å². The molecule has 0 spiro atoms. The molecule has 2 heterocycles. The fourth-order valence-corrected chi connectivity index (χ4v) is 3.09. The van der Waals surface area contributed by atoms with Gasteiger partial charge in [0.15, 0.2) is 0 Å². The van der Waals surface area contributed by atoms with Crippen LogP contribution in [-0.4, -0.2) is 68.2 Å². The topological polar surface area (TPSA) is 91.1 Å². The summed E-state index contributed by atoms with van der Waals surface area (Å²) in [6, 6.07) is -0.631. The minimum Gasteiger partial charge on any atom is -0.369 e. The molecule has 0 aliphatic carbocycles. The van der Waals surface area contributed by atoms with Gasteiger partial charge in [-0.25, -0.2) is 4.39 Å². The number of amides is 2. The van der Waals surface area contributed by atoms with E-state index in [1.54, 1.807) is 6.92 Å². The number of carbonyl (C=O) groups excluding carboxylic acids is 2. The molecule has 0 radical (unpaired) electrons. The van der Waals surface area contributed by atoms with Crippen LogP contribution in [0, 0.1) is 5.92 Å². The van der Waals surface area contributed by atoms with Gasteiger partial charge in [0.1, 0.15) is 24.9 Å². The minimum atomic E-state index is -1.28. The predicted octanol–water partition coefficient (Wildman–Crippen LogP) is -0.175. The number of nitrogens with zero attached hydrogens (tertiary/aromatic N) is 1. The standard InChI is InChI=1S/C14H23FN2O5/c1-8(13(16)19)4-5-10(18)17-6-9(15)11-12(17)14(20-2,21-3)7-22-11/h8-9,11-12H,4-7H2,1-3H3,(H2,16,19). The molecule has 0 aromatic rings. The highest BCUT2D eigenvalue weighted by Crippen LogP contribution is 2.40. The number of hydrogen-bond acceptors (Lipinski definition) is 5. The number of alkyl halides is 1. The van der Waals surface area contributed by atoms with Crippen molar-refractivity contribution in [1.29, 1.82) is 0 Å². The lowest BCUT2D eigenvalue weighted by molar-refractivity contribution is -0.227. The third kappa shape index (κ3) is 2.82. The van der Waals surface area contributed by atoms with Gasteiger partial charge in [-0.2, -0.15) is 0 Å². The fourth-order valence-electron chi connectivity index (χ4n) is 3.09. The van der Waals surface area contributed by atoms with E-state index in [0.29, 0.717) is 6.42 Å². The van der Waals surface area contributed by atoms with E-state index in [2.05, 4.69) is 0 Å². The monoisotopic (exact) mass is 318 g/mol. The normalized spacial score (nSPS) is 31.1. The molecule has 2 fully saturated rings. The van der Waals surface area contributed by atoms with Crippen LogP contribution in [-0.2, 0) is 23.8 Å². The summed E-state index contributed by atoms with van der Waals surface area (Å²) in [7, 11) is 2.89. The number of methoxy groups -OCH3 is 2. The van der Waals surface area contributed by atoms with Crippen molar-refractivity contribution in [2.75, 3.05) is 27.4 Å². The number of rotatable bonds is 6. The quantitative estimate of drug-likeness (QED) is 0.686. The van der Waals surface area contributed by atoms with Gasteiger partial charge in [0.2, 0.25) is 17.6 Å². The van der Waals surface area contributed by atoms with Gasteiger partial charge in [0.05, 0.1) is 6.54 Å². The van der Waals surface area contributed by atoms with Gasteiger partial charge in [0, 0.05) is 26.6 Å². The molecule has 2 aliphatic heterocycles. The summed E-state index contributed by atoms with van der Waals surface area (Å²) in [5.41, 5.74) is 5.19. The number of likely N-dealkylation sites (tertiary alicyclic amines) is 1. The first-order chi connectivity index (χ1) is 10.4. The molecular formula is C14H23FN2O5. The summed E-state index contributed by atoms with van der Waals surface area (Å²) < 4.78 is 30.3. The van der Waals surface area contributed by atoms with E-state index in [4.69, 9.17) is 19.9 Å². The van der Waals surface area contributed by atoms with Gasteiger partial charge in [0.25, 0.3) is 0 Å². The van der Waals surface area contributed by atoms with Crippen LogP contribution >= 0.6 is 0 Å². The van der Waals surface area contributed by atoms with Crippen molar-refractivity contribution < 1.29 is 28.2 Å². The summed E-state index contributed by atoms with van der Waals surface area (Å²) in [6.07, 6.45) is -1.59. The van der Waals surface area contributed by atoms with Crippen molar-refractivity contribution >= 4 is 11.8 Å². The number of primary amides is 1.